The quantitative estimate of drug-likeness (QED) is 0.586. The molecule has 2 N–H and O–H groups in total. The van der Waals surface area contributed by atoms with Crippen LogP contribution in [0.1, 0.15) is 17.3 Å². The molecule has 7 nitrogen and oxygen atoms in total. The summed E-state index contributed by atoms with van der Waals surface area (Å²) in [5, 5.41) is 15.5. The molecule has 0 saturated carbocycles. The maximum atomic E-state index is 11.9. The van der Waals surface area contributed by atoms with E-state index < -0.39 is 32.8 Å². The number of hydrogen-bond acceptors (Lipinski definition) is 5. The zero-order chi connectivity index (χ0) is 16.2. The van der Waals surface area contributed by atoms with E-state index >= 15 is 0 Å². The van der Waals surface area contributed by atoms with Gasteiger partial charge in [0, 0.05) is 11.6 Å². The summed E-state index contributed by atoms with van der Waals surface area (Å²) in [4.78, 5) is 32.4. The minimum absolute atomic E-state index is 0.0921. The van der Waals surface area contributed by atoms with Gasteiger partial charge in [0.1, 0.15) is 0 Å². The molecule has 0 aromatic heterocycles. The minimum Gasteiger partial charge on any atom is -0.480 e. The first-order valence-electron chi connectivity index (χ1n) is 5.68. The summed E-state index contributed by atoms with van der Waals surface area (Å²) in [7, 11) is -4.03. The Morgan fingerprint density at radius 1 is 1.05 bits per heavy atom. The van der Waals surface area contributed by atoms with E-state index in [9.17, 15) is 22.8 Å². The molecule has 1 unspecified atom stereocenters. The normalized spacial score (nSPS) is 13.0. The van der Waals surface area contributed by atoms with Gasteiger partial charge in [-0.1, -0.05) is 0 Å². The van der Waals surface area contributed by atoms with Crippen molar-refractivity contribution in [1.29, 1.82) is 0 Å². The molecule has 0 bridgehead atoms. The summed E-state index contributed by atoms with van der Waals surface area (Å²) in [5.41, 5.74) is 0.0921. The number of allylic oxidation sites excluding steroid dienone is 1. The van der Waals surface area contributed by atoms with Crippen LogP contribution in [0.5, 0.6) is 0 Å². The molecular weight excluding hydrogens is 300 g/mol. The Balaban J connectivity index is 3.06. The number of ketones is 1. The molecule has 0 fully saturated rings. The number of benzene rings is 1. The molecule has 112 valence electrons. The summed E-state index contributed by atoms with van der Waals surface area (Å²) >= 11 is 0. The highest BCUT2D eigenvalue weighted by molar-refractivity contribution is 7.92. The van der Waals surface area contributed by atoms with Gasteiger partial charge >= 0.3 is 11.9 Å². The Bertz CT molecular complexity index is 699. The molecule has 0 aliphatic rings. The van der Waals surface area contributed by atoms with Crippen molar-refractivity contribution in [3.05, 3.63) is 42.0 Å². The predicted molar refractivity (Wildman–Crippen MR) is 71.8 cm³/mol. The van der Waals surface area contributed by atoms with Gasteiger partial charge in [0.05, 0.1) is 4.90 Å². The first-order chi connectivity index (χ1) is 9.66. The topological polar surface area (TPSA) is 126 Å². The predicted octanol–water partition coefficient (Wildman–Crippen LogP) is 0.757. The molecule has 8 heteroatoms. The molecule has 0 radical (unpaired) electrons. The summed E-state index contributed by atoms with van der Waals surface area (Å²) in [6.45, 7) is 1.05. The van der Waals surface area contributed by atoms with Gasteiger partial charge in [0.25, 0.3) is 0 Å². The smallest absolute Gasteiger partial charge is 0.328 e. The maximum absolute atomic E-state index is 11.9. The second-order valence-electron chi connectivity index (χ2n) is 4.09. The molecule has 0 heterocycles. The van der Waals surface area contributed by atoms with Crippen molar-refractivity contribution in [2.75, 3.05) is 0 Å². The Morgan fingerprint density at radius 2 is 1.57 bits per heavy atom. The third-order valence-corrected chi connectivity index (χ3v) is 4.72. The van der Waals surface area contributed by atoms with Gasteiger partial charge in [0.2, 0.25) is 0 Å². The molecule has 0 saturated heterocycles. The van der Waals surface area contributed by atoms with Crippen LogP contribution in [0, 0.1) is 0 Å². The minimum atomic E-state index is -4.03. The molecule has 0 spiro atoms. The fourth-order valence-corrected chi connectivity index (χ4v) is 2.58. The number of hydrogen-bond donors (Lipinski definition) is 2. The number of carbonyl (C=O) groups is 3. The lowest BCUT2D eigenvalue weighted by atomic mass is 10.1. The molecule has 1 aromatic carbocycles. The fourth-order valence-electron chi connectivity index (χ4n) is 1.39. The van der Waals surface area contributed by atoms with E-state index in [1.807, 2.05) is 0 Å². The SMILES string of the molecule is CC(C(=O)O)S(=O)(=O)c1ccc(C(=O)/C=C/C(=O)O)cc1. The standard InChI is InChI=1S/C13H12O7S/c1-8(13(17)18)21(19,20)10-4-2-9(3-5-10)11(14)6-7-12(15)16/h2-8H,1H3,(H,15,16)(H,17,18)/b7-6+. The van der Waals surface area contributed by atoms with Crippen molar-refractivity contribution in [1.82, 2.24) is 0 Å². The van der Waals surface area contributed by atoms with E-state index in [4.69, 9.17) is 10.2 Å². The van der Waals surface area contributed by atoms with Gasteiger partial charge in [0.15, 0.2) is 20.9 Å². The lowest BCUT2D eigenvalue weighted by molar-refractivity contribution is -0.136. The van der Waals surface area contributed by atoms with Gasteiger partial charge in [-0.05, 0) is 37.3 Å². The second-order valence-corrected chi connectivity index (χ2v) is 6.35. The van der Waals surface area contributed by atoms with E-state index in [1.165, 1.54) is 12.1 Å². The van der Waals surface area contributed by atoms with Crippen LogP contribution in [0.15, 0.2) is 41.3 Å². The maximum Gasteiger partial charge on any atom is 0.328 e. The molecular formula is C13H12O7S. The Labute approximate surface area is 120 Å². The van der Waals surface area contributed by atoms with Crippen molar-refractivity contribution >= 4 is 27.6 Å². The number of aliphatic carboxylic acids is 2. The molecule has 1 rings (SSSR count). The van der Waals surface area contributed by atoms with E-state index in [1.54, 1.807) is 0 Å². The van der Waals surface area contributed by atoms with Crippen LogP contribution in [0.4, 0.5) is 0 Å². The van der Waals surface area contributed by atoms with E-state index in [0.29, 0.717) is 6.08 Å². The van der Waals surface area contributed by atoms with Gasteiger partial charge in [-0.3, -0.25) is 9.59 Å². The van der Waals surface area contributed by atoms with Crippen molar-refractivity contribution in [2.45, 2.75) is 17.1 Å². The summed E-state index contributed by atoms with van der Waals surface area (Å²) in [6, 6.07) is 4.60. The average Bonchev–Trinajstić information content (AvgIpc) is 2.43. The summed E-state index contributed by atoms with van der Waals surface area (Å²) in [5.74, 6) is -3.36. The van der Waals surface area contributed by atoms with Crippen molar-refractivity contribution < 1.29 is 33.0 Å². The van der Waals surface area contributed by atoms with Crippen LogP contribution < -0.4 is 0 Å². The number of carboxylic acids is 2. The third-order valence-electron chi connectivity index (χ3n) is 2.66. The highest BCUT2D eigenvalue weighted by atomic mass is 32.2. The first kappa shape index (κ1) is 16.6. The second kappa shape index (κ2) is 6.31. The molecule has 0 amide bonds. The number of rotatable bonds is 6. The van der Waals surface area contributed by atoms with Crippen LogP contribution in [0.25, 0.3) is 0 Å². The van der Waals surface area contributed by atoms with Gasteiger partial charge < -0.3 is 10.2 Å². The lowest BCUT2D eigenvalue weighted by Gasteiger charge is -2.08. The zero-order valence-corrected chi connectivity index (χ0v) is 11.7. The Kier molecular flexibility index (Phi) is 4.98. The molecule has 0 aliphatic heterocycles. The lowest BCUT2D eigenvalue weighted by Crippen LogP contribution is -2.26. The van der Waals surface area contributed by atoms with Crippen LogP contribution in [-0.2, 0) is 19.4 Å². The number of carbonyl (C=O) groups excluding carboxylic acids is 1. The van der Waals surface area contributed by atoms with E-state index in [2.05, 4.69) is 0 Å². The van der Waals surface area contributed by atoms with E-state index in [0.717, 1.165) is 25.1 Å². The fraction of sp³-hybridized carbons (Fsp3) is 0.154. The van der Waals surface area contributed by atoms with Crippen molar-refractivity contribution in [3.8, 4) is 0 Å². The van der Waals surface area contributed by atoms with Gasteiger partial charge in [-0.25, -0.2) is 13.2 Å². The molecule has 1 aromatic rings. The van der Waals surface area contributed by atoms with Gasteiger partial charge in [-0.2, -0.15) is 0 Å². The summed E-state index contributed by atoms with van der Waals surface area (Å²) < 4.78 is 23.8. The summed E-state index contributed by atoms with van der Waals surface area (Å²) in [6.07, 6.45) is 1.51. The Hall–Kier alpha value is -2.48. The average molecular weight is 312 g/mol. The number of sulfone groups is 1. The zero-order valence-electron chi connectivity index (χ0n) is 10.9. The monoisotopic (exact) mass is 312 g/mol. The largest absolute Gasteiger partial charge is 0.480 e. The Morgan fingerprint density at radius 3 is 2.00 bits per heavy atom. The van der Waals surface area contributed by atoms with Crippen LogP contribution in [0.3, 0.4) is 0 Å². The third kappa shape index (κ3) is 3.99. The van der Waals surface area contributed by atoms with Gasteiger partial charge in [-0.15, -0.1) is 0 Å². The highest BCUT2D eigenvalue weighted by Crippen LogP contribution is 2.17. The molecule has 21 heavy (non-hydrogen) atoms. The van der Waals surface area contributed by atoms with Crippen LogP contribution in [-0.4, -0.2) is 41.6 Å². The first-order valence-corrected chi connectivity index (χ1v) is 7.23. The van der Waals surface area contributed by atoms with Crippen molar-refractivity contribution in [2.24, 2.45) is 0 Å². The van der Waals surface area contributed by atoms with Crippen LogP contribution >= 0.6 is 0 Å². The highest BCUT2D eigenvalue weighted by Gasteiger charge is 2.29. The van der Waals surface area contributed by atoms with E-state index in [-0.39, 0.29) is 10.5 Å². The van der Waals surface area contributed by atoms with Crippen molar-refractivity contribution in [3.63, 3.8) is 0 Å². The number of carboxylic acid groups (broad SMARTS) is 2. The molecule has 1 atom stereocenters. The molecule has 0 aliphatic carbocycles. The van der Waals surface area contributed by atoms with Crippen LogP contribution in [0.2, 0.25) is 0 Å².